The molecule has 1 atom stereocenters. The molecule has 0 radical (unpaired) electrons. The first kappa shape index (κ1) is 15.6. The number of aliphatic carboxylic acids is 1. The van der Waals surface area contributed by atoms with E-state index in [1.807, 2.05) is 0 Å². The molecule has 0 bridgehead atoms. The number of hydrogen-bond donors (Lipinski definition) is 1. The van der Waals surface area contributed by atoms with E-state index >= 15 is 0 Å². The van der Waals surface area contributed by atoms with Crippen LogP contribution >= 0.6 is 15.9 Å². The van der Waals surface area contributed by atoms with E-state index in [-0.39, 0.29) is 6.04 Å². The molecule has 0 aromatic heterocycles. The number of carbonyl (C=O) groups excluding carboxylic acids is 1. The Morgan fingerprint density at radius 2 is 2.11 bits per heavy atom. The second-order valence-electron chi connectivity index (χ2n) is 4.61. The molecule has 0 aliphatic carbocycles. The number of amides is 1. The third kappa shape index (κ3) is 2.78. The van der Waals surface area contributed by atoms with Crippen molar-refractivity contribution in [1.29, 1.82) is 0 Å². The van der Waals surface area contributed by atoms with Crippen molar-refractivity contribution >= 4 is 28.3 Å². The number of carbonyl (C=O) groups is 2. The predicted octanol–water partition coefficient (Wildman–Crippen LogP) is 2.75. The number of rotatable bonds is 5. The average molecular weight is 332 g/mol. The summed E-state index contributed by atoms with van der Waals surface area (Å²) in [6.45, 7) is 4.85. The Labute approximate surface area is 119 Å². The van der Waals surface area contributed by atoms with Crippen molar-refractivity contribution < 1.29 is 19.1 Å². The summed E-state index contributed by atoms with van der Waals surface area (Å²) in [6, 6.07) is 3.41. The van der Waals surface area contributed by atoms with Crippen LogP contribution in [0.25, 0.3) is 0 Å². The number of hydrogen-bond acceptors (Lipinski definition) is 2. The summed E-state index contributed by atoms with van der Waals surface area (Å²) in [6.07, 6.45) is 0.495. The van der Waals surface area contributed by atoms with Crippen LogP contribution in [0.4, 0.5) is 4.39 Å². The van der Waals surface area contributed by atoms with Crippen molar-refractivity contribution in [3.63, 3.8) is 0 Å². The molecule has 0 spiro atoms. The van der Waals surface area contributed by atoms with Crippen LogP contribution in [0.15, 0.2) is 22.7 Å². The lowest BCUT2D eigenvalue weighted by molar-refractivity contribution is -0.156. The van der Waals surface area contributed by atoms with Gasteiger partial charge in [0.05, 0.1) is 0 Å². The lowest BCUT2D eigenvalue weighted by Gasteiger charge is -2.38. The van der Waals surface area contributed by atoms with Crippen molar-refractivity contribution in [2.45, 2.75) is 32.4 Å². The maximum Gasteiger partial charge on any atom is 0.334 e. The third-order valence-electron chi connectivity index (χ3n) is 3.06. The van der Waals surface area contributed by atoms with E-state index < -0.39 is 17.3 Å². The van der Waals surface area contributed by atoms with Crippen LogP contribution in [0, 0.1) is 5.82 Å². The molecular weight excluding hydrogens is 317 g/mol. The smallest absolute Gasteiger partial charge is 0.334 e. The topological polar surface area (TPSA) is 57.6 Å². The lowest BCUT2D eigenvalue weighted by Crippen LogP contribution is -2.52. The minimum atomic E-state index is -1.57. The predicted molar refractivity (Wildman–Crippen MR) is 72.1 cm³/mol. The van der Waals surface area contributed by atoms with Gasteiger partial charge < -0.3 is 10.0 Å². The van der Waals surface area contributed by atoms with Crippen molar-refractivity contribution in [3.05, 3.63) is 34.1 Å². The van der Waals surface area contributed by atoms with Gasteiger partial charge in [-0.1, -0.05) is 22.0 Å². The zero-order chi connectivity index (χ0) is 14.8. The van der Waals surface area contributed by atoms with Gasteiger partial charge in [-0.2, -0.15) is 0 Å². The van der Waals surface area contributed by atoms with Crippen LogP contribution in [0.3, 0.4) is 0 Å². The lowest BCUT2D eigenvalue weighted by atomic mass is 9.89. The fraction of sp³-hybridized carbons (Fsp3) is 0.385. The highest BCUT2D eigenvalue weighted by Gasteiger charge is 2.43. The molecule has 0 saturated carbocycles. The van der Waals surface area contributed by atoms with Gasteiger partial charge in [0.25, 0.3) is 0 Å². The maximum absolute atomic E-state index is 13.1. The summed E-state index contributed by atoms with van der Waals surface area (Å²) in [5, 5.41) is 9.51. The Bertz CT molecular complexity index is 507. The molecule has 1 unspecified atom stereocenters. The molecule has 0 saturated heterocycles. The highest BCUT2D eigenvalue weighted by atomic mass is 79.9. The van der Waals surface area contributed by atoms with Gasteiger partial charge in [0.2, 0.25) is 6.41 Å². The van der Waals surface area contributed by atoms with Gasteiger partial charge in [-0.25, -0.2) is 9.18 Å². The van der Waals surface area contributed by atoms with Crippen molar-refractivity contribution in [3.8, 4) is 0 Å². The SMILES string of the molecule is CC(C)N(C=O)C(C)(C(=O)O)c1ccc(F)cc1Br. The molecule has 1 rings (SSSR count). The Morgan fingerprint density at radius 3 is 2.47 bits per heavy atom. The van der Waals surface area contributed by atoms with Gasteiger partial charge in [0, 0.05) is 16.1 Å². The second-order valence-corrected chi connectivity index (χ2v) is 5.46. The highest BCUT2D eigenvalue weighted by molar-refractivity contribution is 9.10. The van der Waals surface area contributed by atoms with E-state index in [9.17, 15) is 19.1 Å². The van der Waals surface area contributed by atoms with E-state index in [2.05, 4.69) is 15.9 Å². The number of carboxylic acid groups (broad SMARTS) is 1. The second kappa shape index (κ2) is 5.69. The van der Waals surface area contributed by atoms with Crippen LogP contribution in [0.2, 0.25) is 0 Å². The largest absolute Gasteiger partial charge is 0.479 e. The highest BCUT2D eigenvalue weighted by Crippen LogP contribution is 2.35. The number of carboxylic acids is 1. The van der Waals surface area contributed by atoms with Gasteiger partial charge in [0.1, 0.15) is 5.82 Å². The van der Waals surface area contributed by atoms with Gasteiger partial charge in [0.15, 0.2) is 5.54 Å². The van der Waals surface area contributed by atoms with Crippen LogP contribution in [0.1, 0.15) is 26.3 Å². The molecular formula is C13H15BrFNO3. The first-order valence-electron chi connectivity index (χ1n) is 5.67. The minimum absolute atomic E-state index is 0.310. The van der Waals surface area contributed by atoms with Crippen LogP contribution in [-0.4, -0.2) is 28.4 Å². The molecule has 6 heteroatoms. The van der Waals surface area contributed by atoms with Gasteiger partial charge in [-0.15, -0.1) is 0 Å². The molecule has 0 aliphatic heterocycles. The fourth-order valence-corrected chi connectivity index (χ4v) is 2.73. The zero-order valence-corrected chi connectivity index (χ0v) is 12.4. The van der Waals surface area contributed by atoms with E-state index in [0.29, 0.717) is 16.4 Å². The monoisotopic (exact) mass is 331 g/mol. The number of nitrogens with zero attached hydrogens (tertiary/aromatic N) is 1. The Morgan fingerprint density at radius 1 is 1.53 bits per heavy atom. The van der Waals surface area contributed by atoms with Crippen molar-refractivity contribution in [2.24, 2.45) is 0 Å². The summed E-state index contributed by atoms with van der Waals surface area (Å²) in [7, 11) is 0. The summed E-state index contributed by atoms with van der Waals surface area (Å²) >= 11 is 3.15. The Kier molecular flexibility index (Phi) is 4.68. The Hall–Kier alpha value is -1.43. The van der Waals surface area contributed by atoms with E-state index in [1.54, 1.807) is 13.8 Å². The molecule has 0 heterocycles. The van der Waals surface area contributed by atoms with Gasteiger partial charge in [-0.05, 0) is 32.9 Å². The summed E-state index contributed by atoms with van der Waals surface area (Å²) in [5.74, 6) is -1.66. The molecule has 0 aliphatic rings. The summed E-state index contributed by atoms with van der Waals surface area (Å²) in [4.78, 5) is 24.1. The summed E-state index contributed by atoms with van der Waals surface area (Å²) < 4.78 is 13.4. The molecule has 4 nitrogen and oxygen atoms in total. The normalized spacial score (nSPS) is 14.0. The standard InChI is InChI=1S/C13H15BrFNO3/c1-8(2)16(7-17)13(3,12(18)19)10-5-4-9(15)6-11(10)14/h4-8H,1-3H3,(H,18,19). The van der Waals surface area contributed by atoms with E-state index in [1.165, 1.54) is 30.0 Å². The summed E-state index contributed by atoms with van der Waals surface area (Å²) in [5.41, 5.74) is -1.25. The van der Waals surface area contributed by atoms with Crippen molar-refractivity contribution in [2.75, 3.05) is 0 Å². The first-order valence-corrected chi connectivity index (χ1v) is 6.47. The first-order chi connectivity index (χ1) is 8.75. The Balaban J connectivity index is 3.49. The van der Waals surface area contributed by atoms with Crippen LogP contribution in [0.5, 0.6) is 0 Å². The maximum atomic E-state index is 13.1. The van der Waals surface area contributed by atoms with Crippen molar-refractivity contribution in [1.82, 2.24) is 4.90 Å². The van der Waals surface area contributed by atoms with Gasteiger partial charge in [-0.3, -0.25) is 4.79 Å². The molecule has 1 N–H and O–H groups in total. The number of benzene rings is 1. The molecule has 19 heavy (non-hydrogen) atoms. The molecule has 1 amide bonds. The number of halogens is 2. The zero-order valence-electron chi connectivity index (χ0n) is 10.9. The fourth-order valence-electron chi connectivity index (χ4n) is 1.99. The average Bonchev–Trinajstić information content (AvgIpc) is 2.28. The minimum Gasteiger partial charge on any atom is -0.479 e. The quantitative estimate of drug-likeness (QED) is 0.844. The third-order valence-corrected chi connectivity index (χ3v) is 3.71. The van der Waals surface area contributed by atoms with Gasteiger partial charge >= 0.3 is 5.97 Å². The molecule has 104 valence electrons. The van der Waals surface area contributed by atoms with Crippen LogP contribution in [-0.2, 0) is 15.1 Å². The van der Waals surface area contributed by atoms with Crippen LogP contribution < -0.4 is 0 Å². The molecule has 1 aromatic carbocycles. The molecule has 0 fully saturated rings. The van der Waals surface area contributed by atoms with E-state index in [4.69, 9.17) is 0 Å². The molecule has 1 aromatic rings. The van der Waals surface area contributed by atoms with E-state index in [0.717, 1.165) is 0 Å².